The van der Waals surface area contributed by atoms with E-state index in [0.29, 0.717) is 48.0 Å². The lowest BCUT2D eigenvalue weighted by atomic mass is 9.96. The van der Waals surface area contributed by atoms with Gasteiger partial charge in [0.15, 0.2) is 12.4 Å². The lowest BCUT2D eigenvalue weighted by Crippen LogP contribution is -2.46. The number of carbonyl (C=O) groups is 1. The second-order valence-corrected chi connectivity index (χ2v) is 6.87. The molecule has 2 fully saturated rings. The van der Waals surface area contributed by atoms with Gasteiger partial charge in [-0.05, 0) is 31.9 Å². The maximum atomic E-state index is 12.6. The summed E-state index contributed by atoms with van der Waals surface area (Å²) in [4.78, 5) is 14.4. The van der Waals surface area contributed by atoms with E-state index in [4.69, 9.17) is 37.4 Å². The zero-order chi connectivity index (χ0) is 17.1. The molecule has 0 bridgehead atoms. The van der Waals surface area contributed by atoms with E-state index in [1.807, 2.05) is 4.90 Å². The molecule has 7 heteroatoms. The van der Waals surface area contributed by atoms with Gasteiger partial charge in [-0.1, -0.05) is 29.3 Å². The molecule has 2 heterocycles. The number of likely N-dealkylation sites (tertiary alicyclic amines) is 1. The van der Waals surface area contributed by atoms with Crippen molar-refractivity contribution in [2.45, 2.75) is 32.2 Å². The van der Waals surface area contributed by atoms with Crippen LogP contribution in [0.25, 0.3) is 0 Å². The van der Waals surface area contributed by atoms with Crippen LogP contribution in [0.2, 0.25) is 10.0 Å². The molecule has 0 spiro atoms. The molecule has 1 amide bonds. The Kier molecular flexibility index (Phi) is 5.87. The highest BCUT2D eigenvalue weighted by Gasteiger charge is 2.33. The fraction of sp³-hybridized carbons (Fsp3) is 0.588. The first-order valence-corrected chi connectivity index (χ1v) is 8.94. The molecule has 24 heavy (non-hydrogen) atoms. The predicted molar refractivity (Wildman–Crippen MR) is 91.5 cm³/mol. The van der Waals surface area contributed by atoms with Crippen molar-refractivity contribution in [2.24, 2.45) is 5.92 Å². The van der Waals surface area contributed by atoms with Crippen LogP contribution in [0, 0.1) is 5.92 Å². The van der Waals surface area contributed by atoms with E-state index in [-0.39, 0.29) is 12.2 Å². The third-order valence-corrected chi connectivity index (χ3v) is 5.25. The average Bonchev–Trinajstić information content (AvgIpc) is 3.13. The minimum absolute atomic E-state index is 0.0437. The lowest BCUT2D eigenvalue weighted by molar-refractivity contribution is -0.143. The Morgan fingerprint density at radius 1 is 1.25 bits per heavy atom. The molecule has 0 radical (unpaired) electrons. The van der Waals surface area contributed by atoms with Crippen molar-refractivity contribution in [3.05, 3.63) is 28.2 Å². The van der Waals surface area contributed by atoms with Crippen LogP contribution in [-0.2, 0) is 14.3 Å². The Balaban J connectivity index is 1.53. The van der Waals surface area contributed by atoms with E-state index >= 15 is 0 Å². The molecule has 3 rings (SSSR count). The second-order valence-electron chi connectivity index (χ2n) is 6.08. The minimum atomic E-state index is -0.614. The van der Waals surface area contributed by atoms with E-state index in [9.17, 15) is 4.79 Å². The highest BCUT2D eigenvalue weighted by molar-refractivity contribution is 6.42. The minimum Gasteiger partial charge on any atom is -0.479 e. The van der Waals surface area contributed by atoms with Crippen molar-refractivity contribution in [1.29, 1.82) is 0 Å². The number of piperidine rings is 1. The van der Waals surface area contributed by atoms with E-state index in [1.165, 1.54) is 0 Å². The third kappa shape index (κ3) is 3.97. The molecule has 1 aromatic rings. The molecule has 0 saturated carbocycles. The molecule has 2 aliphatic heterocycles. The fourth-order valence-corrected chi connectivity index (χ4v) is 3.45. The Hall–Kier alpha value is -1.01. The average molecular weight is 374 g/mol. The summed E-state index contributed by atoms with van der Waals surface area (Å²) in [7, 11) is 0. The summed E-state index contributed by atoms with van der Waals surface area (Å²) in [6.07, 6.45) is 1.03. The van der Waals surface area contributed by atoms with Crippen molar-refractivity contribution in [2.75, 3.05) is 26.3 Å². The predicted octanol–water partition coefficient (Wildman–Crippen LogP) is 3.37. The molecular formula is C17H21Cl2NO4. The molecule has 1 unspecified atom stereocenters. The SMILES string of the molecule is CC(Oc1cccc(Cl)c1Cl)C(=O)N1CCC(C2OCCO2)CC1. The van der Waals surface area contributed by atoms with Gasteiger partial charge in [-0.3, -0.25) is 4.79 Å². The number of amides is 1. The maximum absolute atomic E-state index is 12.6. The monoisotopic (exact) mass is 373 g/mol. The van der Waals surface area contributed by atoms with E-state index < -0.39 is 6.10 Å². The lowest BCUT2D eigenvalue weighted by Gasteiger charge is -2.35. The summed E-state index contributed by atoms with van der Waals surface area (Å²) in [6.45, 7) is 4.42. The highest BCUT2D eigenvalue weighted by Crippen LogP contribution is 2.32. The quantitative estimate of drug-likeness (QED) is 0.811. The summed E-state index contributed by atoms with van der Waals surface area (Å²) in [6, 6.07) is 5.13. The van der Waals surface area contributed by atoms with Gasteiger partial charge in [0.2, 0.25) is 0 Å². The first kappa shape index (κ1) is 17.8. The van der Waals surface area contributed by atoms with Gasteiger partial charge in [0.1, 0.15) is 10.8 Å². The first-order chi connectivity index (χ1) is 11.6. The molecule has 5 nitrogen and oxygen atoms in total. The summed E-state index contributed by atoms with van der Waals surface area (Å²) in [5.74, 6) is 0.737. The number of ether oxygens (including phenoxy) is 3. The number of rotatable bonds is 4. The molecule has 0 aromatic heterocycles. The number of hydrogen-bond acceptors (Lipinski definition) is 4. The number of benzene rings is 1. The molecule has 0 N–H and O–H groups in total. The van der Waals surface area contributed by atoms with Crippen molar-refractivity contribution in [3.63, 3.8) is 0 Å². The topological polar surface area (TPSA) is 48.0 Å². The van der Waals surface area contributed by atoms with Gasteiger partial charge in [0.05, 0.1) is 18.2 Å². The van der Waals surface area contributed by atoms with Crippen LogP contribution in [0.15, 0.2) is 18.2 Å². The summed E-state index contributed by atoms with van der Waals surface area (Å²) in [5.41, 5.74) is 0. The van der Waals surface area contributed by atoms with Crippen LogP contribution in [0.3, 0.4) is 0 Å². The van der Waals surface area contributed by atoms with Crippen LogP contribution in [-0.4, -0.2) is 49.5 Å². The Labute approximate surface area is 151 Å². The fourth-order valence-electron chi connectivity index (χ4n) is 3.11. The van der Waals surface area contributed by atoms with E-state index in [2.05, 4.69) is 0 Å². The highest BCUT2D eigenvalue weighted by atomic mass is 35.5. The van der Waals surface area contributed by atoms with Gasteiger partial charge in [0, 0.05) is 19.0 Å². The molecule has 1 aromatic carbocycles. The van der Waals surface area contributed by atoms with Crippen molar-refractivity contribution >= 4 is 29.1 Å². The van der Waals surface area contributed by atoms with Crippen LogP contribution < -0.4 is 4.74 Å². The summed E-state index contributed by atoms with van der Waals surface area (Å²) in [5, 5.41) is 0.735. The number of hydrogen-bond donors (Lipinski definition) is 0. The summed E-state index contributed by atoms with van der Waals surface area (Å²) < 4.78 is 16.8. The van der Waals surface area contributed by atoms with Crippen molar-refractivity contribution in [3.8, 4) is 5.75 Å². The van der Waals surface area contributed by atoms with Gasteiger partial charge in [-0.25, -0.2) is 0 Å². The van der Waals surface area contributed by atoms with Gasteiger partial charge in [-0.15, -0.1) is 0 Å². The number of carbonyl (C=O) groups excluding carboxylic acids is 1. The Morgan fingerprint density at radius 2 is 1.92 bits per heavy atom. The molecular weight excluding hydrogens is 353 g/mol. The third-order valence-electron chi connectivity index (χ3n) is 4.45. The van der Waals surface area contributed by atoms with Crippen LogP contribution in [0.5, 0.6) is 5.75 Å². The molecule has 0 aliphatic carbocycles. The molecule has 132 valence electrons. The standard InChI is InChI=1S/C17H21Cl2NO4/c1-11(24-14-4-2-3-13(18)15(14)19)16(21)20-7-5-12(6-8-20)17-22-9-10-23-17/h2-4,11-12,17H,5-10H2,1H3. The Bertz CT molecular complexity index is 584. The van der Waals surface area contributed by atoms with Gasteiger partial charge in [-0.2, -0.15) is 0 Å². The van der Waals surface area contributed by atoms with Crippen LogP contribution in [0.4, 0.5) is 0 Å². The van der Waals surface area contributed by atoms with Gasteiger partial charge in [0.25, 0.3) is 5.91 Å². The van der Waals surface area contributed by atoms with Gasteiger partial charge >= 0.3 is 0 Å². The van der Waals surface area contributed by atoms with E-state index in [0.717, 1.165) is 12.8 Å². The van der Waals surface area contributed by atoms with Crippen molar-refractivity contribution in [1.82, 2.24) is 4.90 Å². The Morgan fingerprint density at radius 3 is 2.58 bits per heavy atom. The first-order valence-electron chi connectivity index (χ1n) is 8.19. The number of halogens is 2. The normalized spacial score (nSPS) is 21.0. The zero-order valence-electron chi connectivity index (χ0n) is 13.5. The maximum Gasteiger partial charge on any atom is 0.263 e. The largest absolute Gasteiger partial charge is 0.479 e. The van der Waals surface area contributed by atoms with E-state index in [1.54, 1.807) is 25.1 Å². The van der Waals surface area contributed by atoms with Crippen LogP contribution >= 0.6 is 23.2 Å². The van der Waals surface area contributed by atoms with Crippen LogP contribution in [0.1, 0.15) is 19.8 Å². The number of nitrogens with zero attached hydrogens (tertiary/aromatic N) is 1. The summed E-state index contributed by atoms with van der Waals surface area (Å²) >= 11 is 12.1. The zero-order valence-corrected chi connectivity index (χ0v) is 15.1. The molecule has 2 aliphatic rings. The molecule has 1 atom stereocenters. The smallest absolute Gasteiger partial charge is 0.263 e. The second kappa shape index (κ2) is 7.91. The van der Waals surface area contributed by atoms with Crippen molar-refractivity contribution < 1.29 is 19.0 Å². The molecule has 2 saturated heterocycles. The van der Waals surface area contributed by atoms with Gasteiger partial charge < -0.3 is 19.1 Å².